The van der Waals surface area contributed by atoms with E-state index in [1.54, 1.807) is 0 Å². The number of anilines is 3. The molecule has 0 amide bonds. The van der Waals surface area contributed by atoms with Gasteiger partial charge in [0.05, 0.1) is 45.7 Å². The van der Waals surface area contributed by atoms with Crippen LogP contribution in [0.25, 0.3) is 65.2 Å². The third kappa shape index (κ3) is 4.07. The van der Waals surface area contributed by atoms with E-state index in [2.05, 4.69) is 44.6 Å². The summed E-state index contributed by atoms with van der Waals surface area (Å²) in [5, 5.41) is 13.6. The average Bonchev–Trinajstić information content (AvgIpc) is 3.49. The number of rotatable bonds is 4. The van der Waals surface area contributed by atoms with E-state index in [1.165, 1.54) is 0 Å². The van der Waals surface area contributed by atoms with Crippen molar-refractivity contribution in [2.75, 3.05) is 4.90 Å². The van der Waals surface area contributed by atoms with E-state index in [0.717, 1.165) is 44.6 Å². The molecule has 0 fully saturated rings. The van der Waals surface area contributed by atoms with Gasteiger partial charge in [-0.25, -0.2) is 4.98 Å². The first-order valence-corrected chi connectivity index (χ1v) is 15.3. The van der Waals surface area contributed by atoms with Crippen LogP contribution >= 0.6 is 0 Å². The zero-order valence-corrected chi connectivity index (χ0v) is 25.3. The third-order valence-corrected chi connectivity index (χ3v) is 8.70. The first-order valence-electron chi connectivity index (χ1n) is 15.3. The van der Waals surface area contributed by atoms with Crippen LogP contribution in [-0.2, 0) is 0 Å². The van der Waals surface area contributed by atoms with Crippen LogP contribution in [0.1, 0.15) is 5.69 Å². The lowest BCUT2D eigenvalue weighted by atomic mass is 10.1. The van der Waals surface area contributed by atoms with Crippen molar-refractivity contribution in [1.82, 2.24) is 24.5 Å². The molecule has 0 saturated heterocycles. The maximum Gasteiger partial charge on any atom is 0.307 e. The van der Waals surface area contributed by atoms with Crippen molar-refractivity contribution in [2.24, 2.45) is 0 Å². The Morgan fingerprint density at radius 1 is 0.583 bits per heavy atom. The Bertz CT molecular complexity index is 2720. The molecular formula is C40H22N8. The van der Waals surface area contributed by atoms with E-state index in [-0.39, 0.29) is 11.5 Å². The SMILES string of the molecule is [C-]#[N+]c1nc2c3cc(-n4c5ccccc5c5ccccc54)cnc3c3ncc(N(c4ccccc4)c4ccccc4)cc3c2nc1C#N. The van der Waals surface area contributed by atoms with Gasteiger partial charge in [0.15, 0.2) is 11.2 Å². The van der Waals surface area contributed by atoms with Crippen molar-refractivity contribution < 1.29 is 0 Å². The summed E-state index contributed by atoms with van der Waals surface area (Å²) in [5.41, 5.74) is 7.87. The van der Waals surface area contributed by atoms with Gasteiger partial charge in [0.1, 0.15) is 17.1 Å². The molecule has 9 rings (SSSR count). The van der Waals surface area contributed by atoms with Crippen molar-refractivity contribution in [3.63, 3.8) is 0 Å². The molecule has 0 spiro atoms. The molecule has 0 aliphatic rings. The molecule has 5 aromatic carbocycles. The molecular weight excluding hydrogens is 592 g/mol. The summed E-state index contributed by atoms with van der Waals surface area (Å²) in [6.07, 6.45) is 3.69. The monoisotopic (exact) mass is 614 g/mol. The molecule has 0 saturated carbocycles. The van der Waals surface area contributed by atoms with Gasteiger partial charge in [-0.05, 0) is 48.5 Å². The second-order valence-electron chi connectivity index (χ2n) is 11.4. The first kappa shape index (κ1) is 27.2. The highest BCUT2D eigenvalue weighted by Crippen LogP contribution is 2.40. The topological polar surface area (TPSA) is 87.9 Å². The summed E-state index contributed by atoms with van der Waals surface area (Å²) in [6.45, 7) is 7.78. The van der Waals surface area contributed by atoms with Crippen LogP contribution in [0.4, 0.5) is 22.9 Å². The quantitative estimate of drug-likeness (QED) is 0.145. The van der Waals surface area contributed by atoms with Gasteiger partial charge in [0.2, 0.25) is 0 Å². The molecule has 0 N–H and O–H groups in total. The molecule has 0 radical (unpaired) electrons. The van der Waals surface area contributed by atoms with Crippen molar-refractivity contribution in [1.29, 1.82) is 5.26 Å². The fourth-order valence-electron chi connectivity index (χ4n) is 6.65. The summed E-state index contributed by atoms with van der Waals surface area (Å²) >= 11 is 0. The van der Waals surface area contributed by atoms with Crippen LogP contribution in [0.2, 0.25) is 0 Å². The molecule has 0 unspecified atom stereocenters. The number of nitriles is 1. The number of fused-ring (bicyclic) bond motifs is 9. The van der Waals surface area contributed by atoms with Crippen molar-refractivity contribution in [3.05, 3.63) is 151 Å². The van der Waals surface area contributed by atoms with Crippen LogP contribution in [0.5, 0.6) is 0 Å². The Balaban J connectivity index is 1.36. The Kier molecular flexibility index (Phi) is 6.07. The minimum atomic E-state index is -0.0489. The van der Waals surface area contributed by atoms with Crippen molar-refractivity contribution in [3.8, 4) is 11.8 Å². The zero-order valence-electron chi connectivity index (χ0n) is 25.3. The largest absolute Gasteiger partial charge is 0.358 e. The van der Waals surface area contributed by atoms with Crippen LogP contribution in [0.3, 0.4) is 0 Å². The van der Waals surface area contributed by atoms with Gasteiger partial charge < -0.3 is 14.3 Å². The second-order valence-corrected chi connectivity index (χ2v) is 11.4. The fraction of sp³-hybridized carbons (Fsp3) is 0. The maximum atomic E-state index is 9.97. The molecule has 8 heteroatoms. The van der Waals surface area contributed by atoms with Gasteiger partial charge in [0.25, 0.3) is 0 Å². The van der Waals surface area contributed by atoms with E-state index in [1.807, 2.05) is 109 Å². The van der Waals surface area contributed by atoms with E-state index >= 15 is 0 Å². The highest BCUT2D eigenvalue weighted by Gasteiger charge is 2.22. The number of benzene rings is 5. The lowest BCUT2D eigenvalue weighted by Gasteiger charge is -2.25. The Morgan fingerprint density at radius 3 is 1.73 bits per heavy atom. The summed E-state index contributed by atoms with van der Waals surface area (Å²) in [6, 6.07) is 42.9. The van der Waals surface area contributed by atoms with Crippen LogP contribution in [-0.4, -0.2) is 24.5 Å². The minimum absolute atomic E-state index is 0.0296. The van der Waals surface area contributed by atoms with E-state index in [9.17, 15) is 5.26 Å². The molecule has 4 aromatic heterocycles. The van der Waals surface area contributed by atoms with Crippen molar-refractivity contribution in [2.45, 2.75) is 0 Å². The van der Waals surface area contributed by atoms with E-state index in [0.29, 0.717) is 32.8 Å². The fourth-order valence-corrected chi connectivity index (χ4v) is 6.65. The lowest BCUT2D eigenvalue weighted by molar-refractivity contribution is 1.16. The zero-order chi connectivity index (χ0) is 32.2. The van der Waals surface area contributed by atoms with Gasteiger partial charge in [-0.1, -0.05) is 79.4 Å². The van der Waals surface area contributed by atoms with Gasteiger partial charge in [-0.15, -0.1) is 4.98 Å². The second kappa shape index (κ2) is 10.7. The van der Waals surface area contributed by atoms with Gasteiger partial charge in [0, 0.05) is 27.5 Å². The van der Waals surface area contributed by atoms with Gasteiger partial charge in [-0.3, -0.25) is 9.97 Å². The summed E-state index contributed by atoms with van der Waals surface area (Å²) < 4.78 is 2.19. The number of hydrogen-bond acceptors (Lipinski definition) is 6. The van der Waals surface area contributed by atoms with E-state index in [4.69, 9.17) is 26.5 Å². The van der Waals surface area contributed by atoms with Crippen LogP contribution in [0.15, 0.2) is 134 Å². The average molecular weight is 615 g/mol. The first-order chi connectivity index (χ1) is 23.7. The Labute approximate surface area is 274 Å². The predicted molar refractivity (Wildman–Crippen MR) is 190 cm³/mol. The Morgan fingerprint density at radius 2 is 1.12 bits per heavy atom. The normalized spacial score (nSPS) is 11.3. The Hall–Kier alpha value is -7.16. The molecule has 0 aliphatic heterocycles. The molecule has 48 heavy (non-hydrogen) atoms. The number of aromatic nitrogens is 5. The minimum Gasteiger partial charge on any atom is -0.358 e. The standard InChI is InChI=1S/C40H22N8/c1-42-40-33(22-41)45-38-31-20-27(47(25-12-4-2-5-13-25)26-14-6-3-7-15-26)23-43-36(31)37-32(39(38)46-40)21-28(24-44-37)48-34-18-10-8-16-29(34)30-17-9-11-19-35(30)48/h2-21,23-24H. The molecule has 0 aliphatic carbocycles. The molecule has 0 bridgehead atoms. The number of pyridine rings is 2. The molecule has 8 nitrogen and oxygen atoms in total. The van der Waals surface area contributed by atoms with Gasteiger partial charge in [-0.2, -0.15) is 5.26 Å². The summed E-state index contributed by atoms with van der Waals surface area (Å²) in [4.78, 5) is 25.2. The van der Waals surface area contributed by atoms with Crippen molar-refractivity contribution >= 4 is 77.5 Å². The van der Waals surface area contributed by atoms with Gasteiger partial charge >= 0.3 is 5.82 Å². The van der Waals surface area contributed by atoms with Crippen LogP contribution in [0, 0.1) is 17.9 Å². The van der Waals surface area contributed by atoms with Crippen LogP contribution < -0.4 is 4.90 Å². The smallest absolute Gasteiger partial charge is 0.307 e. The summed E-state index contributed by atoms with van der Waals surface area (Å²) in [7, 11) is 0. The number of para-hydroxylation sites is 4. The highest BCUT2D eigenvalue weighted by atomic mass is 15.1. The molecule has 9 aromatic rings. The number of nitrogens with zero attached hydrogens (tertiary/aromatic N) is 8. The maximum absolute atomic E-state index is 9.97. The number of hydrogen-bond donors (Lipinski definition) is 0. The molecule has 4 heterocycles. The van der Waals surface area contributed by atoms with E-state index < -0.39 is 0 Å². The summed E-state index contributed by atoms with van der Waals surface area (Å²) in [5.74, 6) is -0.0489. The lowest BCUT2D eigenvalue weighted by Crippen LogP contribution is -2.10. The molecule has 0 atom stereocenters. The third-order valence-electron chi connectivity index (χ3n) is 8.70. The molecule has 222 valence electrons. The highest BCUT2D eigenvalue weighted by molar-refractivity contribution is 6.22. The predicted octanol–water partition coefficient (Wildman–Crippen LogP) is 9.72.